The molecule has 4 nitrogen and oxygen atoms in total. The third-order valence-corrected chi connectivity index (χ3v) is 2.36. The summed E-state index contributed by atoms with van der Waals surface area (Å²) in [6.45, 7) is 1.21. The molecule has 1 aliphatic rings. The highest BCUT2D eigenvalue weighted by Crippen LogP contribution is 2.09. The van der Waals surface area contributed by atoms with Gasteiger partial charge in [0.25, 0.3) is 0 Å². The fourth-order valence-corrected chi connectivity index (χ4v) is 1.55. The van der Waals surface area contributed by atoms with Crippen LogP contribution in [-0.2, 0) is 11.3 Å². The standard InChI is InChI=1S/C9H9N2O2S/c12-8-3-4-11(9(14)10-8)6-7-2-1-5-13-7/h1-2,5H,3-4,6H2. The fraction of sp³-hybridized carbons (Fsp3) is 0.333. The molecule has 2 heterocycles. The van der Waals surface area contributed by atoms with Gasteiger partial charge in [0.05, 0.1) is 12.8 Å². The Hall–Kier alpha value is -1.36. The van der Waals surface area contributed by atoms with E-state index in [0.717, 1.165) is 5.76 Å². The van der Waals surface area contributed by atoms with E-state index in [9.17, 15) is 4.79 Å². The van der Waals surface area contributed by atoms with E-state index < -0.39 is 0 Å². The van der Waals surface area contributed by atoms with Gasteiger partial charge in [-0.2, -0.15) is 5.32 Å². The van der Waals surface area contributed by atoms with Gasteiger partial charge >= 0.3 is 0 Å². The monoisotopic (exact) mass is 209 g/mol. The van der Waals surface area contributed by atoms with Crippen molar-refractivity contribution >= 4 is 23.2 Å². The maximum atomic E-state index is 10.9. The lowest BCUT2D eigenvalue weighted by molar-refractivity contribution is -0.121. The molecule has 1 aromatic heterocycles. The Labute approximate surface area is 86.9 Å². The first-order valence-corrected chi connectivity index (χ1v) is 4.72. The van der Waals surface area contributed by atoms with E-state index in [2.05, 4.69) is 5.32 Å². The molecule has 1 aromatic rings. The molecular weight excluding hydrogens is 200 g/mol. The van der Waals surface area contributed by atoms with E-state index >= 15 is 0 Å². The summed E-state index contributed by atoms with van der Waals surface area (Å²) in [7, 11) is 0. The summed E-state index contributed by atoms with van der Waals surface area (Å²) in [6.07, 6.45) is 2.05. The van der Waals surface area contributed by atoms with Crippen LogP contribution >= 0.6 is 12.2 Å². The Kier molecular flexibility index (Phi) is 2.49. The number of hydrogen-bond acceptors (Lipinski definition) is 3. The second-order valence-corrected chi connectivity index (χ2v) is 3.40. The lowest BCUT2D eigenvalue weighted by Crippen LogP contribution is -2.44. The van der Waals surface area contributed by atoms with Crippen LogP contribution in [0.4, 0.5) is 0 Å². The van der Waals surface area contributed by atoms with Crippen LogP contribution < -0.4 is 5.32 Å². The molecule has 0 aromatic carbocycles. The summed E-state index contributed by atoms with van der Waals surface area (Å²) in [6, 6.07) is 3.70. The molecule has 5 heteroatoms. The van der Waals surface area contributed by atoms with Gasteiger partial charge in [-0.25, -0.2) is 0 Å². The van der Waals surface area contributed by atoms with Gasteiger partial charge in [-0.1, -0.05) is 0 Å². The molecule has 0 N–H and O–H groups in total. The van der Waals surface area contributed by atoms with Crippen molar-refractivity contribution in [2.24, 2.45) is 0 Å². The van der Waals surface area contributed by atoms with Crippen molar-refractivity contribution in [2.45, 2.75) is 13.0 Å². The Balaban J connectivity index is 1.99. The highest BCUT2D eigenvalue weighted by molar-refractivity contribution is 7.80. The molecule has 0 unspecified atom stereocenters. The van der Waals surface area contributed by atoms with Gasteiger partial charge in [0, 0.05) is 13.0 Å². The van der Waals surface area contributed by atoms with Crippen molar-refractivity contribution in [3.8, 4) is 0 Å². The molecule has 0 spiro atoms. The van der Waals surface area contributed by atoms with Crippen molar-refractivity contribution in [1.29, 1.82) is 0 Å². The van der Waals surface area contributed by atoms with Gasteiger partial charge in [0.1, 0.15) is 5.76 Å². The molecule has 0 aliphatic carbocycles. The van der Waals surface area contributed by atoms with E-state index in [-0.39, 0.29) is 5.91 Å². The van der Waals surface area contributed by atoms with E-state index in [1.54, 1.807) is 6.26 Å². The first kappa shape index (κ1) is 9.21. The number of furan rings is 1. The smallest absolute Gasteiger partial charge is 0.250 e. The molecule has 1 radical (unpaired) electrons. The van der Waals surface area contributed by atoms with Crippen molar-refractivity contribution in [3.63, 3.8) is 0 Å². The fourth-order valence-electron chi connectivity index (χ4n) is 1.30. The summed E-state index contributed by atoms with van der Waals surface area (Å²) in [5.74, 6) is 0.697. The molecule has 0 bridgehead atoms. The van der Waals surface area contributed by atoms with E-state index in [1.807, 2.05) is 17.0 Å². The Morgan fingerprint density at radius 2 is 2.50 bits per heavy atom. The maximum absolute atomic E-state index is 10.9. The van der Waals surface area contributed by atoms with Crippen molar-refractivity contribution in [2.75, 3.05) is 6.54 Å². The predicted molar refractivity (Wildman–Crippen MR) is 53.5 cm³/mol. The quantitative estimate of drug-likeness (QED) is 0.679. The molecule has 14 heavy (non-hydrogen) atoms. The number of thiocarbonyl (C=S) groups is 1. The minimum absolute atomic E-state index is 0.134. The summed E-state index contributed by atoms with van der Waals surface area (Å²) in [4.78, 5) is 12.8. The molecule has 0 saturated carbocycles. The van der Waals surface area contributed by atoms with Crippen molar-refractivity contribution in [1.82, 2.24) is 10.2 Å². The van der Waals surface area contributed by atoms with Crippen LogP contribution in [0.1, 0.15) is 12.2 Å². The largest absolute Gasteiger partial charge is 0.467 e. The average Bonchev–Trinajstić information content (AvgIpc) is 2.62. The predicted octanol–water partition coefficient (Wildman–Crippen LogP) is 0.901. The number of hydrogen-bond donors (Lipinski definition) is 0. The highest BCUT2D eigenvalue weighted by atomic mass is 32.1. The van der Waals surface area contributed by atoms with Crippen LogP contribution in [0.25, 0.3) is 0 Å². The van der Waals surface area contributed by atoms with Crippen LogP contribution in [0.3, 0.4) is 0 Å². The molecule has 1 saturated heterocycles. The summed E-state index contributed by atoms with van der Waals surface area (Å²) in [5, 5.41) is 4.08. The maximum Gasteiger partial charge on any atom is 0.250 e. The van der Waals surface area contributed by atoms with Gasteiger partial charge in [-0.3, -0.25) is 4.79 Å². The normalized spacial score (nSPS) is 17.0. The van der Waals surface area contributed by atoms with Crippen molar-refractivity contribution < 1.29 is 9.21 Å². The molecule has 1 amide bonds. The van der Waals surface area contributed by atoms with E-state index in [4.69, 9.17) is 16.6 Å². The highest BCUT2D eigenvalue weighted by Gasteiger charge is 2.22. The Bertz CT molecular complexity index is 348. The summed E-state index contributed by atoms with van der Waals surface area (Å²) >= 11 is 4.97. The van der Waals surface area contributed by atoms with E-state index in [0.29, 0.717) is 24.6 Å². The minimum atomic E-state index is -0.134. The number of nitrogens with zero attached hydrogens (tertiary/aromatic N) is 2. The van der Waals surface area contributed by atoms with Gasteiger partial charge in [-0.05, 0) is 24.4 Å². The first-order chi connectivity index (χ1) is 6.75. The Morgan fingerprint density at radius 3 is 3.14 bits per heavy atom. The third-order valence-electron chi connectivity index (χ3n) is 2.01. The van der Waals surface area contributed by atoms with Gasteiger partial charge in [0.2, 0.25) is 5.91 Å². The zero-order valence-electron chi connectivity index (χ0n) is 7.47. The number of amides is 1. The second-order valence-electron chi connectivity index (χ2n) is 3.04. The average molecular weight is 209 g/mol. The molecule has 0 atom stereocenters. The van der Waals surface area contributed by atoms with E-state index in [1.165, 1.54) is 0 Å². The summed E-state index contributed by atoms with van der Waals surface area (Å²) in [5.41, 5.74) is 0. The minimum Gasteiger partial charge on any atom is -0.467 e. The van der Waals surface area contributed by atoms with Gasteiger partial charge in [-0.15, -0.1) is 0 Å². The number of carbonyl (C=O) groups is 1. The SMILES string of the molecule is O=C1CCN(Cc2ccco2)C(=S)[N]1. The summed E-state index contributed by atoms with van der Waals surface area (Å²) < 4.78 is 5.18. The Morgan fingerprint density at radius 1 is 1.64 bits per heavy atom. The van der Waals surface area contributed by atoms with Crippen LogP contribution in [-0.4, -0.2) is 22.5 Å². The molecule has 73 valence electrons. The van der Waals surface area contributed by atoms with Crippen molar-refractivity contribution in [3.05, 3.63) is 24.2 Å². The van der Waals surface area contributed by atoms with Gasteiger partial charge < -0.3 is 9.32 Å². The molecular formula is C9H9N2O2S. The molecule has 1 aliphatic heterocycles. The lowest BCUT2D eigenvalue weighted by atomic mass is 10.3. The molecule has 2 rings (SSSR count). The zero-order valence-corrected chi connectivity index (χ0v) is 8.29. The third kappa shape index (κ3) is 1.93. The van der Waals surface area contributed by atoms with Crippen LogP contribution in [0.15, 0.2) is 22.8 Å². The lowest BCUT2D eigenvalue weighted by Gasteiger charge is -2.26. The molecule has 1 fully saturated rings. The van der Waals surface area contributed by atoms with Crippen LogP contribution in [0.5, 0.6) is 0 Å². The topological polar surface area (TPSA) is 47.6 Å². The second kappa shape index (κ2) is 3.79. The van der Waals surface area contributed by atoms with Gasteiger partial charge in [0.15, 0.2) is 5.11 Å². The number of carbonyl (C=O) groups excluding carboxylic acids is 1. The van der Waals surface area contributed by atoms with Crippen LogP contribution in [0, 0.1) is 0 Å². The number of rotatable bonds is 2. The first-order valence-electron chi connectivity index (χ1n) is 4.31. The zero-order chi connectivity index (χ0) is 9.97. The van der Waals surface area contributed by atoms with Crippen LogP contribution in [0.2, 0.25) is 0 Å².